The summed E-state index contributed by atoms with van der Waals surface area (Å²) in [6.07, 6.45) is 0. The molecule has 4 rings (SSSR count). The van der Waals surface area contributed by atoms with Gasteiger partial charge in [0.1, 0.15) is 23.5 Å². The minimum Gasteiger partial charge on any atom is -0.493 e. The van der Waals surface area contributed by atoms with Gasteiger partial charge in [-0.1, -0.05) is 47.7 Å². The molecule has 0 aliphatic heterocycles. The average Bonchev–Trinajstić information content (AvgIpc) is 3.22. The van der Waals surface area contributed by atoms with Crippen LogP contribution in [-0.2, 0) is 6.61 Å². The maximum atomic E-state index is 13.5. The highest BCUT2D eigenvalue weighted by molar-refractivity contribution is 7.99. The van der Waals surface area contributed by atoms with Crippen molar-refractivity contribution in [3.63, 3.8) is 0 Å². The average molecular weight is 509 g/mol. The maximum absolute atomic E-state index is 13.5. The van der Waals surface area contributed by atoms with Crippen molar-refractivity contribution < 1.29 is 18.8 Å². The fraction of sp³-hybridized carbons (Fsp3) is 0.231. The molecule has 0 radical (unpaired) electrons. The number of rotatable bonds is 10. The van der Waals surface area contributed by atoms with Gasteiger partial charge >= 0.3 is 0 Å². The van der Waals surface area contributed by atoms with Crippen molar-refractivity contribution in [1.82, 2.24) is 14.8 Å². The number of benzene rings is 3. The lowest BCUT2D eigenvalue weighted by Gasteiger charge is -2.17. The van der Waals surface area contributed by atoms with Crippen molar-refractivity contribution in [2.45, 2.75) is 30.9 Å². The van der Waals surface area contributed by atoms with Gasteiger partial charge in [0.2, 0.25) is 6.54 Å². The van der Waals surface area contributed by atoms with Crippen molar-refractivity contribution in [3.8, 4) is 17.2 Å². The number of nitrogens with zero attached hydrogens (tertiary/aromatic N) is 4. The Labute approximate surface area is 212 Å². The minimum atomic E-state index is -0.557. The van der Waals surface area contributed by atoms with Crippen molar-refractivity contribution in [1.29, 1.82) is 0 Å². The standard InChI is InChI=1S/C26H25FN4O4S/c1-17-7-10-22(11-8-17)31-18(2)28-29-26(31)36-25(15-30(32)33)20-9-12-23(24(14-20)34-3)35-16-19-5-4-6-21(27)13-19/h4-14,25H,15-16H2,1-3H3/t25-/m0/s1. The lowest BCUT2D eigenvalue weighted by molar-refractivity contribution is -0.479. The first-order valence-corrected chi connectivity index (χ1v) is 12.0. The lowest BCUT2D eigenvalue weighted by atomic mass is 10.1. The molecule has 0 aliphatic carbocycles. The van der Waals surface area contributed by atoms with Crippen LogP contribution in [0.5, 0.6) is 11.5 Å². The quantitative estimate of drug-likeness (QED) is 0.154. The molecular weight excluding hydrogens is 483 g/mol. The Morgan fingerprint density at radius 1 is 1.06 bits per heavy atom. The fourth-order valence-electron chi connectivity index (χ4n) is 3.68. The summed E-state index contributed by atoms with van der Waals surface area (Å²) < 4.78 is 26.7. The number of hydrogen-bond donors (Lipinski definition) is 0. The Balaban J connectivity index is 1.60. The number of thioether (sulfide) groups is 1. The number of ether oxygens (including phenoxy) is 2. The molecule has 0 amide bonds. The molecule has 0 N–H and O–H groups in total. The summed E-state index contributed by atoms with van der Waals surface area (Å²) >= 11 is 1.26. The summed E-state index contributed by atoms with van der Waals surface area (Å²) in [6, 6.07) is 19.3. The molecule has 1 aromatic heterocycles. The summed E-state index contributed by atoms with van der Waals surface area (Å²) in [4.78, 5) is 11.2. The topological polar surface area (TPSA) is 92.3 Å². The van der Waals surface area contributed by atoms with Crippen LogP contribution >= 0.6 is 11.8 Å². The first kappa shape index (κ1) is 25.2. The molecule has 0 bridgehead atoms. The Hall–Kier alpha value is -3.92. The third-order valence-electron chi connectivity index (χ3n) is 5.49. The molecule has 3 aromatic carbocycles. The molecule has 0 aliphatic rings. The van der Waals surface area contributed by atoms with E-state index in [1.807, 2.05) is 42.7 Å². The van der Waals surface area contributed by atoms with E-state index in [4.69, 9.17) is 9.47 Å². The van der Waals surface area contributed by atoms with E-state index >= 15 is 0 Å². The largest absolute Gasteiger partial charge is 0.493 e. The first-order valence-electron chi connectivity index (χ1n) is 11.2. The third-order valence-corrected chi connectivity index (χ3v) is 6.67. The van der Waals surface area contributed by atoms with Crippen LogP contribution in [0, 0.1) is 29.8 Å². The summed E-state index contributed by atoms with van der Waals surface area (Å²) in [5.41, 5.74) is 3.36. The fourth-order valence-corrected chi connectivity index (χ4v) is 4.84. The van der Waals surface area contributed by atoms with Gasteiger partial charge in [-0.3, -0.25) is 14.7 Å². The number of aromatic nitrogens is 3. The van der Waals surface area contributed by atoms with Crippen LogP contribution in [0.15, 0.2) is 71.9 Å². The van der Waals surface area contributed by atoms with E-state index in [2.05, 4.69) is 10.2 Å². The molecule has 0 unspecified atom stereocenters. The van der Waals surface area contributed by atoms with E-state index in [0.29, 0.717) is 33.6 Å². The second-order valence-electron chi connectivity index (χ2n) is 8.15. The molecule has 8 nitrogen and oxygen atoms in total. The van der Waals surface area contributed by atoms with Crippen LogP contribution in [0.3, 0.4) is 0 Å². The number of aryl methyl sites for hydroxylation is 2. The third kappa shape index (κ3) is 6.01. The summed E-state index contributed by atoms with van der Waals surface area (Å²) in [7, 11) is 1.50. The molecule has 0 saturated heterocycles. The molecular formula is C26H25FN4O4S. The number of methoxy groups -OCH3 is 1. The predicted octanol–water partition coefficient (Wildman–Crippen LogP) is 5.72. The predicted molar refractivity (Wildman–Crippen MR) is 135 cm³/mol. The van der Waals surface area contributed by atoms with Crippen LogP contribution < -0.4 is 9.47 Å². The van der Waals surface area contributed by atoms with Gasteiger partial charge in [0.05, 0.1) is 7.11 Å². The van der Waals surface area contributed by atoms with Gasteiger partial charge in [-0.15, -0.1) is 10.2 Å². The maximum Gasteiger partial charge on any atom is 0.220 e. The van der Waals surface area contributed by atoms with E-state index in [1.54, 1.807) is 30.3 Å². The van der Waals surface area contributed by atoms with Crippen LogP contribution in [0.2, 0.25) is 0 Å². The van der Waals surface area contributed by atoms with E-state index in [1.165, 1.54) is 31.0 Å². The zero-order valence-electron chi connectivity index (χ0n) is 20.1. The zero-order chi connectivity index (χ0) is 25.7. The summed E-state index contributed by atoms with van der Waals surface area (Å²) in [6.45, 7) is 3.67. The molecule has 4 aromatic rings. The highest BCUT2D eigenvalue weighted by atomic mass is 32.2. The first-order chi connectivity index (χ1) is 17.3. The second kappa shape index (κ2) is 11.2. The van der Waals surface area contributed by atoms with E-state index in [0.717, 1.165) is 11.3 Å². The van der Waals surface area contributed by atoms with Crippen molar-refractivity contribution in [2.75, 3.05) is 13.7 Å². The molecule has 36 heavy (non-hydrogen) atoms. The molecule has 10 heteroatoms. The van der Waals surface area contributed by atoms with E-state index < -0.39 is 5.25 Å². The minimum absolute atomic E-state index is 0.152. The molecule has 0 spiro atoms. The van der Waals surface area contributed by atoms with Gasteiger partial charge < -0.3 is 9.47 Å². The Morgan fingerprint density at radius 2 is 1.83 bits per heavy atom. The summed E-state index contributed by atoms with van der Waals surface area (Å²) in [5, 5.41) is 20.0. The highest BCUT2D eigenvalue weighted by Crippen LogP contribution is 2.39. The van der Waals surface area contributed by atoms with Crippen molar-refractivity contribution >= 4 is 11.8 Å². The van der Waals surface area contributed by atoms with Gasteiger partial charge in [0.15, 0.2) is 16.7 Å². The van der Waals surface area contributed by atoms with Crippen LogP contribution in [0.25, 0.3) is 5.69 Å². The van der Waals surface area contributed by atoms with E-state index in [9.17, 15) is 14.5 Å². The number of halogens is 1. The van der Waals surface area contributed by atoms with Gasteiger partial charge in [-0.25, -0.2) is 4.39 Å². The number of nitro groups is 1. The molecule has 1 atom stereocenters. The van der Waals surface area contributed by atoms with Gasteiger partial charge in [0.25, 0.3) is 0 Å². The number of hydrogen-bond acceptors (Lipinski definition) is 7. The van der Waals surface area contributed by atoms with E-state index in [-0.39, 0.29) is 23.9 Å². The molecule has 0 fully saturated rings. The van der Waals surface area contributed by atoms with Crippen LogP contribution in [-0.4, -0.2) is 33.3 Å². The smallest absolute Gasteiger partial charge is 0.220 e. The SMILES string of the molecule is COc1cc([C@H](C[N+](=O)[O-])Sc2nnc(C)n2-c2ccc(C)cc2)ccc1OCc1cccc(F)c1. The normalized spacial score (nSPS) is 11.8. The Kier molecular flexibility index (Phi) is 7.84. The molecule has 186 valence electrons. The molecule has 1 heterocycles. The Bertz CT molecular complexity index is 1360. The Morgan fingerprint density at radius 3 is 2.53 bits per heavy atom. The zero-order valence-corrected chi connectivity index (χ0v) is 20.9. The van der Waals surface area contributed by atoms with Crippen molar-refractivity contribution in [2.24, 2.45) is 0 Å². The van der Waals surface area contributed by atoms with Gasteiger partial charge in [-0.2, -0.15) is 0 Å². The molecule has 0 saturated carbocycles. The second-order valence-corrected chi connectivity index (χ2v) is 9.32. The lowest BCUT2D eigenvalue weighted by Crippen LogP contribution is -2.11. The van der Waals surface area contributed by atoms with Crippen molar-refractivity contribution in [3.05, 3.63) is 105 Å². The highest BCUT2D eigenvalue weighted by Gasteiger charge is 2.25. The van der Waals surface area contributed by atoms with Crippen LogP contribution in [0.1, 0.15) is 27.8 Å². The van der Waals surface area contributed by atoms with Gasteiger partial charge in [-0.05, 0) is 61.4 Å². The van der Waals surface area contributed by atoms with Crippen LogP contribution in [0.4, 0.5) is 4.39 Å². The monoisotopic (exact) mass is 508 g/mol. The summed E-state index contributed by atoms with van der Waals surface area (Å²) in [5.74, 6) is 1.22. The van der Waals surface area contributed by atoms with Gasteiger partial charge in [0, 0.05) is 10.6 Å².